The molecule has 2 aromatic carbocycles. The van der Waals surface area contributed by atoms with Crippen molar-refractivity contribution in [1.29, 1.82) is 0 Å². The fourth-order valence-corrected chi connectivity index (χ4v) is 3.39. The van der Waals surface area contributed by atoms with Crippen molar-refractivity contribution in [3.8, 4) is 16.9 Å². The third-order valence-electron chi connectivity index (χ3n) is 3.62. The highest BCUT2D eigenvalue weighted by atomic mass is 79.9. The van der Waals surface area contributed by atoms with Gasteiger partial charge in [-0.25, -0.2) is 8.42 Å². The van der Waals surface area contributed by atoms with E-state index in [1.807, 2.05) is 12.1 Å². The van der Waals surface area contributed by atoms with E-state index in [1.54, 1.807) is 18.2 Å². The van der Waals surface area contributed by atoms with Gasteiger partial charge in [0.25, 0.3) is 0 Å². The molecular weight excluding hydrogens is 433 g/mol. The maximum absolute atomic E-state index is 13.4. The van der Waals surface area contributed by atoms with Crippen molar-refractivity contribution < 1.29 is 26.3 Å². The first kappa shape index (κ1) is 20.8. The first-order valence-corrected chi connectivity index (χ1v) is 11.0. The van der Waals surface area contributed by atoms with Gasteiger partial charge in [0.05, 0.1) is 17.9 Å². The van der Waals surface area contributed by atoms with Crippen LogP contribution in [-0.2, 0) is 21.3 Å². The van der Waals surface area contributed by atoms with Crippen LogP contribution < -0.4 is 4.74 Å². The lowest BCUT2D eigenvalue weighted by Crippen LogP contribution is -2.12. The fourth-order valence-electron chi connectivity index (χ4n) is 2.39. The summed E-state index contributed by atoms with van der Waals surface area (Å²) in [5, 5.41) is 0.606. The molecule has 142 valence electrons. The number of benzene rings is 2. The first-order chi connectivity index (χ1) is 12.1. The third-order valence-corrected chi connectivity index (χ3v) is 5.29. The van der Waals surface area contributed by atoms with Crippen LogP contribution in [0.15, 0.2) is 42.5 Å². The average Bonchev–Trinajstić information content (AvgIpc) is 2.57. The van der Waals surface area contributed by atoms with E-state index < -0.39 is 21.6 Å². The Labute approximate surface area is 159 Å². The Hall–Kier alpha value is -1.54. The number of rotatable bonds is 7. The van der Waals surface area contributed by atoms with E-state index in [2.05, 4.69) is 15.9 Å². The van der Waals surface area contributed by atoms with Crippen LogP contribution in [0.3, 0.4) is 0 Å². The summed E-state index contributed by atoms with van der Waals surface area (Å²) in [5.41, 5.74) is 1.19. The molecule has 0 aromatic heterocycles. The van der Waals surface area contributed by atoms with Crippen molar-refractivity contribution in [3.63, 3.8) is 0 Å². The van der Waals surface area contributed by atoms with Gasteiger partial charge in [-0.1, -0.05) is 46.3 Å². The molecule has 2 aromatic rings. The van der Waals surface area contributed by atoms with E-state index in [0.717, 1.165) is 17.9 Å². The predicted molar refractivity (Wildman–Crippen MR) is 99.3 cm³/mol. The summed E-state index contributed by atoms with van der Waals surface area (Å²) in [6, 6.07) is 11.1. The van der Waals surface area contributed by atoms with Crippen LogP contribution in [0, 0.1) is 0 Å². The van der Waals surface area contributed by atoms with Crippen molar-refractivity contribution in [1.82, 2.24) is 0 Å². The Kier molecular flexibility index (Phi) is 6.74. The predicted octanol–water partition coefficient (Wildman–Crippen LogP) is 5.08. The zero-order chi connectivity index (χ0) is 19.4. The highest BCUT2D eigenvalue weighted by Crippen LogP contribution is 2.39. The van der Waals surface area contributed by atoms with Gasteiger partial charge in [-0.15, -0.1) is 0 Å². The standard InChI is InChI=1S/C18H18BrF3O3S/c1-26(23,24)9-3-8-25-17-7-6-15(11-16(17)18(20,21)22)14-5-2-4-13(10-14)12-19/h2,4-7,10-11H,3,8-9,12H2,1H3. The van der Waals surface area contributed by atoms with E-state index in [1.165, 1.54) is 6.07 Å². The summed E-state index contributed by atoms with van der Waals surface area (Å²) in [6.07, 6.45) is -3.37. The van der Waals surface area contributed by atoms with E-state index >= 15 is 0 Å². The molecule has 0 saturated carbocycles. The van der Waals surface area contributed by atoms with Crippen molar-refractivity contribution in [2.24, 2.45) is 0 Å². The topological polar surface area (TPSA) is 43.4 Å². The van der Waals surface area contributed by atoms with Gasteiger partial charge in [-0.05, 0) is 35.2 Å². The van der Waals surface area contributed by atoms with Crippen molar-refractivity contribution in [2.45, 2.75) is 17.9 Å². The van der Waals surface area contributed by atoms with Crippen LogP contribution in [0.1, 0.15) is 17.5 Å². The number of ether oxygens (including phenoxy) is 1. The molecule has 0 radical (unpaired) electrons. The first-order valence-electron chi connectivity index (χ1n) is 7.77. The molecule has 0 heterocycles. The van der Waals surface area contributed by atoms with Crippen molar-refractivity contribution in [2.75, 3.05) is 18.6 Å². The minimum absolute atomic E-state index is 0.103. The quantitative estimate of drug-likeness (QED) is 0.436. The van der Waals surface area contributed by atoms with Gasteiger partial charge in [-0.2, -0.15) is 13.2 Å². The fraction of sp³-hybridized carbons (Fsp3) is 0.333. The number of hydrogen-bond acceptors (Lipinski definition) is 3. The largest absolute Gasteiger partial charge is 0.493 e. The molecule has 0 bridgehead atoms. The van der Waals surface area contributed by atoms with E-state index in [-0.39, 0.29) is 24.5 Å². The molecule has 0 aliphatic rings. The molecule has 0 aliphatic heterocycles. The maximum atomic E-state index is 13.4. The highest BCUT2D eigenvalue weighted by molar-refractivity contribution is 9.08. The van der Waals surface area contributed by atoms with Crippen molar-refractivity contribution >= 4 is 25.8 Å². The van der Waals surface area contributed by atoms with Crippen LogP contribution in [0.5, 0.6) is 5.75 Å². The molecule has 26 heavy (non-hydrogen) atoms. The Bertz CT molecular complexity index is 864. The number of sulfone groups is 1. The Morgan fingerprint density at radius 1 is 1.08 bits per heavy atom. The molecule has 0 N–H and O–H groups in total. The second-order valence-corrected chi connectivity index (χ2v) is 8.70. The van der Waals surface area contributed by atoms with Crippen LogP contribution in [0.25, 0.3) is 11.1 Å². The van der Waals surface area contributed by atoms with Gasteiger partial charge in [-0.3, -0.25) is 0 Å². The zero-order valence-electron chi connectivity index (χ0n) is 14.0. The number of halogens is 4. The van der Waals surface area contributed by atoms with Gasteiger partial charge in [0.1, 0.15) is 15.6 Å². The molecular formula is C18H18BrF3O3S. The summed E-state index contributed by atoms with van der Waals surface area (Å²) in [6.45, 7) is -0.103. The Balaban J connectivity index is 2.27. The van der Waals surface area contributed by atoms with E-state index in [4.69, 9.17) is 4.74 Å². The zero-order valence-corrected chi connectivity index (χ0v) is 16.4. The smallest absolute Gasteiger partial charge is 0.419 e. The third kappa shape index (κ3) is 6.02. The molecule has 8 heteroatoms. The SMILES string of the molecule is CS(=O)(=O)CCCOc1ccc(-c2cccc(CBr)c2)cc1C(F)(F)F. The lowest BCUT2D eigenvalue weighted by molar-refractivity contribution is -0.138. The second-order valence-electron chi connectivity index (χ2n) is 5.87. The number of alkyl halides is 4. The summed E-state index contributed by atoms with van der Waals surface area (Å²) in [5.74, 6) is -0.433. The van der Waals surface area contributed by atoms with Gasteiger partial charge in [0, 0.05) is 11.6 Å². The van der Waals surface area contributed by atoms with Gasteiger partial charge >= 0.3 is 6.18 Å². The van der Waals surface area contributed by atoms with Crippen LogP contribution in [0.2, 0.25) is 0 Å². The summed E-state index contributed by atoms with van der Waals surface area (Å²) < 4.78 is 67.6. The number of hydrogen-bond donors (Lipinski definition) is 0. The molecule has 0 aliphatic carbocycles. The minimum Gasteiger partial charge on any atom is -0.493 e. The summed E-state index contributed by atoms with van der Waals surface area (Å²) in [4.78, 5) is 0. The molecule has 0 fully saturated rings. The van der Waals surface area contributed by atoms with Crippen LogP contribution >= 0.6 is 15.9 Å². The molecule has 0 saturated heterocycles. The second kappa shape index (κ2) is 8.43. The monoisotopic (exact) mass is 450 g/mol. The maximum Gasteiger partial charge on any atom is 0.419 e. The summed E-state index contributed by atoms with van der Waals surface area (Å²) >= 11 is 3.33. The minimum atomic E-state index is -4.57. The molecule has 0 atom stereocenters. The van der Waals surface area contributed by atoms with Gasteiger partial charge < -0.3 is 4.74 Å². The Morgan fingerprint density at radius 2 is 1.77 bits per heavy atom. The van der Waals surface area contributed by atoms with Gasteiger partial charge in [0.15, 0.2) is 0 Å². The van der Waals surface area contributed by atoms with Gasteiger partial charge in [0.2, 0.25) is 0 Å². The van der Waals surface area contributed by atoms with E-state index in [0.29, 0.717) is 16.5 Å². The molecule has 0 amide bonds. The highest BCUT2D eigenvalue weighted by Gasteiger charge is 2.34. The molecule has 3 nitrogen and oxygen atoms in total. The van der Waals surface area contributed by atoms with Crippen molar-refractivity contribution in [3.05, 3.63) is 53.6 Å². The normalized spacial score (nSPS) is 12.2. The average molecular weight is 451 g/mol. The molecule has 2 rings (SSSR count). The van der Waals surface area contributed by atoms with Crippen LogP contribution in [-0.4, -0.2) is 27.0 Å². The lowest BCUT2D eigenvalue weighted by Gasteiger charge is -2.16. The van der Waals surface area contributed by atoms with Crippen LogP contribution in [0.4, 0.5) is 13.2 Å². The molecule has 0 unspecified atom stereocenters. The Morgan fingerprint density at radius 3 is 2.38 bits per heavy atom. The lowest BCUT2D eigenvalue weighted by atomic mass is 10.0. The summed E-state index contributed by atoms with van der Waals surface area (Å²) in [7, 11) is -3.17. The molecule has 0 spiro atoms. The van der Waals surface area contributed by atoms with E-state index in [9.17, 15) is 21.6 Å².